The molecule has 21 heavy (non-hydrogen) atoms. The van der Waals surface area contributed by atoms with E-state index in [1.165, 1.54) is 30.9 Å². The third-order valence-corrected chi connectivity index (χ3v) is 4.60. The highest BCUT2D eigenvalue weighted by Gasteiger charge is 2.40. The Morgan fingerprint density at radius 2 is 2.05 bits per heavy atom. The van der Waals surface area contributed by atoms with Crippen LogP contribution in [0.1, 0.15) is 17.3 Å². The number of carbonyl (C=O) groups excluding carboxylic acids is 1. The van der Waals surface area contributed by atoms with E-state index in [9.17, 15) is 14.7 Å². The Bertz CT molecular complexity index is 562. The van der Waals surface area contributed by atoms with Gasteiger partial charge < -0.3 is 19.5 Å². The molecule has 1 aliphatic rings. The Kier molecular flexibility index (Phi) is 4.62. The van der Waals surface area contributed by atoms with Gasteiger partial charge in [0.1, 0.15) is 17.5 Å². The number of benzene rings is 1. The fourth-order valence-electron chi connectivity index (χ4n) is 2.26. The van der Waals surface area contributed by atoms with Crippen molar-refractivity contribution in [3.05, 3.63) is 23.8 Å². The molecule has 6 nitrogen and oxygen atoms in total. The molecule has 2 atom stereocenters. The number of thioether (sulfide) groups is 1. The summed E-state index contributed by atoms with van der Waals surface area (Å²) in [5, 5.41) is 9.06. The summed E-state index contributed by atoms with van der Waals surface area (Å²) in [6.07, 6.45) is 0. The third-order valence-electron chi connectivity index (χ3n) is 3.38. The molecule has 2 unspecified atom stereocenters. The van der Waals surface area contributed by atoms with Gasteiger partial charge in [0.2, 0.25) is 0 Å². The van der Waals surface area contributed by atoms with Gasteiger partial charge in [-0.25, -0.2) is 4.79 Å². The first-order valence-electron chi connectivity index (χ1n) is 6.38. The zero-order chi connectivity index (χ0) is 15.6. The first kappa shape index (κ1) is 15.5. The van der Waals surface area contributed by atoms with Gasteiger partial charge in [-0.1, -0.05) is 0 Å². The van der Waals surface area contributed by atoms with Crippen LogP contribution in [0.15, 0.2) is 18.2 Å². The van der Waals surface area contributed by atoms with Gasteiger partial charge in [-0.05, 0) is 19.1 Å². The summed E-state index contributed by atoms with van der Waals surface area (Å²) in [4.78, 5) is 25.4. The molecule has 0 aliphatic carbocycles. The van der Waals surface area contributed by atoms with Crippen molar-refractivity contribution < 1.29 is 24.2 Å². The number of hydrogen-bond acceptors (Lipinski definition) is 5. The van der Waals surface area contributed by atoms with Gasteiger partial charge in [0.15, 0.2) is 0 Å². The van der Waals surface area contributed by atoms with Crippen molar-refractivity contribution in [1.29, 1.82) is 0 Å². The summed E-state index contributed by atoms with van der Waals surface area (Å²) in [5.74, 6) is -0.0116. The lowest BCUT2D eigenvalue weighted by molar-refractivity contribution is -0.141. The van der Waals surface area contributed by atoms with Crippen molar-refractivity contribution in [3.63, 3.8) is 0 Å². The van der Waals surface area contributed by atoms with Crippen LogP contribution >= 0.6 is 11.8 Å². The van der Waals surface area contributed by atoms with Crippen molar-refractivity contribution in [2.45, 2.75) is 18.3 Å². The van der Waals surface area contributed by atoms with E-state index in [1.807, 2.05) is 6.92 Å². The second-order valence-corrected chi connectivity index (χ2v) is 5.91. The molecule has 0 bridgehead atoms. The largest absolute Gasteiger partial charge is 0.497 e. The summed E-state index contributed by atoms with van der Waals surface area (Å²) >= 11 is 1.44. The van der Waals surface area contributed by atoms with E-state index in [2.05, 4.69) is 0 Å². The molecule has 7 heteroatoms. The molecule has 0 radical (unpaired) electrons. The molecule has 1 aromatic carbocycles. The maximum Gasteiger partial charge on any atom is 0.327 e. The van der Waals surface area contributed by atoms with Crippen LogP contribution in [0.3, 0.4) is 0 Å². The Balaban J connectivity index is 2.36. The maximum absolute atomic E-state index is 12.7. The second kappa shape index (κ2) is 6.26. The van der Waals surface area contributed by atoms with Crippen LogP contribution in [0.4, 0.5) is 0 Å². The van der Waals surface area contributed by atoms with Gasteiger partial charge in [0, 0.05) is 11.8 Å². The second-order valence-electron chi connectivity index (χ2n) is 4.57. The highest BCUT2D eigenvalue weighted by Crippen LogP contribution is 2.33. The Morgan fingerprint density at radius 1 is 1.33 bits per heavy atom. The van der Waals surface area contributed by atoms with E-state index < -0.39 is 12.0 Å². The fourth-order valence-corrected chi connectivity index (χ4v) is 3.42. The van der Waals surface area contributed by atoms with Gasteiger partial charge in [-0.15, -0.1) is 11.8 Å². The van der Waals surface area contributed by atoms with Crippen molar-refractivity contribution in [2.75, 3.05) is 20.0 Å². The van der Waals surface area contributed by atoms with Crippen LogP contribution in [-0.4, -0.2) is 53.3 Å². The molecule has 114 valence electrons. The number of rotatable bonds is 4. The monoisotopic (exact) mass is 311 g/mol. The SMILES string of the molecule is COc1ccc(C(=O)N2C(C)SCC2C(=O)O)c(OC)c1. The number of nitrogens with zero attached hydrogens (tertiary/aromatic N) is 1. The van der Waals surface area contributed by atoms with Crippen LogP contribution < -0.4 is 9.47 Å². The van der Waals surface area contributed by atoms with Crippen LogP contribution in [0.2, 0.25) is 0 Å². The van der Waals surface area contributed by atoms with E-state index in [-0.39, 0.29) is 11.3 Å². The summed E-state index contributed by atoms with van der Waals surface area (Å²) in [5.41, 5.74) is 0.332. The number of carbonyl (C=O) groups is 2. The normalized spacial score (nSPS) is 21.2. The average Bonchev–Trinajstić information content (AvgIpc) is 2.87. The van der Waals surface area contributed by atoms with Crippen molar-refractivity contribution in [1.82, 2.24) is 4.90 Å². The summed E-state index contributed by atoms with van der Waals surface area (Å²) < 4.78 is 10.3. The quantitative estimate of drug-likeness (QED) is 0.912. The summed E-state index contributed by atoms with van der Waals surface area (Å²) in [7, 11) is 2.98. The smallest absolute Gasteiger partial charge is 0.327 e. The molecule has 0 saturated carbocycles. The number of amides is 1. The zero-order valence-electron chi connectivity index (χ0n) is 12.0. The van der Waals surface area contributed by atoms with E-state index in [0.717, 1.165) is 0 Å². The maximum atomic E-state index is 12.7. The van der Waals surface area contributed by atoms with Gasteiger partial charge in [0.25, 0.3) is 5.91 Å². The minimum absolute atomic E-state index is 0.189. The number of hydrogen-bond donors (Lipinski definition) is 1. The molecule has 1 N–H and O–H groups in total. The van der Waals surface area contributed by atoms with Crippen molar-refractivity contribution in [2.24, 2.45) is 0 Å². The van der Waals surface area contributed by atoms with E-state index >= 15 is 0 Å². The van der Waals surface area contributed by atoms with Crippen LogP contribution in [0, 0.1) is 0 Å². The fraction of sp³-hybridized carbons (Fsp3) is 0.429. The van der Waals surface area contributed by atoms with Gasteiger partial charge in [-0.3, -0.25) is 4.79 Å². The molecular weight excluding hydrogens is 294 g/mol. The molecule has 1 aliphatic heterocycles. The van der Waals surface area contributed by atoms with Crippen molar-refractivity contribution in [3.8, 4) is 11.5 Å². The summed E-state index contributed by atoms with van der Waals surface area (Å²) in [6, 6.07) is 4.04. The lowest BCUT2D eigenvalue weighted by atomic mass is 10.1. The summed E-state index contributed by atoms with van der Waals surface area (Å²) in [6.45, 7) is 1.82. The number of methoxy groups -OCH3 is 2. The molecule has 1 saturated heterocycles. The first-order valence-corrected chi connectivity index (χ1v) is 7.43. The minimum atomic E-state index is -0.993. The lowest BCUT2D eigenvalue weighted by Crippen LogP contribution is -2.44. The Hall–Kier alpha value is -1.89. The average molecular weight is 311 g/mol. The van der Waals surface area contributed by atoms with E-state index in [1.54, 1.807) is 18.2 Å². The van der Waals surface area contributed by atoms with Crippen LogP contribution in [0.25, 0.3) is 0 Å². The Morgan fingerprint density at radius 3 is 2.62 bits per heavy atom. The lowest BCUT2D eigenvalue weighted by Gasteiger charge is -2.25. The topological polar surface area (TPSA) is 76.1 Å². The number of aliphatic carboxylic acids is 1. The van der Waals surface area contributed by atoms with Gasteiger partial charge >= 0.3 is 5.97 Å². The molecule has 1 heterocycles. The molecule has 0 spiro atoms. The third kappa shape index (κ3) is 2.92. The van der Waals surface area contributed by atoms with Crippen LogP contribution in [0.5, 0.6) is 11.5 Å². The predicted octanol–water partition coefficient (Wildman–Crippen LogP) is 1.69. The zero-order valence-corrected chi connectivity index (χ0v) is 12.8. The minimum Gasteiger partial charge on any atom is -0.497 e. The standard InChI is InChI=1S/C14H17NO5S/c1-8-15(11(7-21-8)14(17)18)13(16)10-5-4-9(19-2)6-12(10)20-3/h4-6,8,11H,7H2,1-3H3,(H,17,18). The molecule has 1 fully saturated rings. The molecular formula is C14H17NO5S. The van der Waals surface area contributed by atoms with E-state index in [4.69, 9.17) is 9.47 Å². The highest BCUT2D eigenvalue weighted by atomic mass is 32.2. The van der Waals surface area contributed by atoms with Gasteiger partial charge in [0.05, 0.1) is 25.2 Å². The number of ether oxygens (including phenoxy) is 2. The predicted molar refractivity (Wildman–Crippen MR) is 79.1 cm³/mol. The van der Waals surface area contributed by atoms with E-state index in [0.29, 0.717) is 22.8 Å². The number of carboxylic acid groups (broad SMARTS) is 1. The first-order chi connectivity index (χ1) is 9.99. The van der Waals surface area contributed by atoms with Gasteiger partial charge in [-0.2, -0.15) is 0 Å². The molecule has 2 rings (SSSR count). The van der Waals surface area contributed by atoms with Crippen molar-refractivity contribution >= 4 is 23.6 Å². The Labute approximate surface area is 127 Å². The molecule has 1 amide bonds. The highest BCUT2D eigenvalue weighted by molar-refractivity contribution is 8.00. The molecule has 0 aromatic heterocycles. The van der Waals surface area contributed by atoms with Crippen LogP contribution in [-0.2, 0) is 4.79 Å². The number of carboxylic acids is 1. The molecule has 1 aromatic rings.